The van der Waals surface area contributed by atoms with Crippen LogP contribution in [0.15, 0.2) is 42.9 Å². The number of ether oxygens (including phenoxy) is 1. The Morgan fingerprint density at radius 3 is 2.72 bits per heavy atom. The van der Waals surface area contributed by atoms with Gasteiger partial charge < -0.3 is 19.6 Å². The average molecular weight is 416 g/mol. The van der Waals surface area contributed by atoms with E-state index < -0.39 is 15.4 Å². The molecule has 0 spiro atoms. The van der Waals surface area contributed by atoms with Gasteiger partial charge in [-0.15, -0.1) is 0 Å². The highest BCUT2D eigenvalue weighted by Crippen LogP contribution is 2.28. The highest BCUT2D eigenvalue weighted by atomic mass is 32.2. The van der Waals surface area contributed by atoms with Gasteiger partial charge >= 0.3 is 0 Å². The van der Waals surface area contributed by atoms with Gasteiger partial charge in [-0.2, -0.15) is 0 Å². The number of hydrogen-bond donors (Lipinski definition) is 2. The van der Waals surface area contributed by atoms with Gasteiger partial charge in [0, 0.05) is 17.9 Å². The number of pyridine rings is 2. The number of sulfone groups is 1. The lowest BCUT2D eigenvalue weighted by Gasteiger charge is -2.34. The molecule has 0 saturated carbocycles. The van der Waals surface area contributed by atoms with Gasteiger partial charge in [-0.05, 0) is 44.0 Å². The standard InChI is InChI=1S/C19H20N4O5S/c1-19(6-9-29(26,27)10-7-19)22-17(25)14-12-23-11-13(4-5-16(23)21-14)28-18-15(24)3-2-8-20-18/h2-5,8,11-12,24H,6-7,9-10H2,1H3,(H,22,25). The van der Waals surface area contributed by atoms with Gasteiger partial charge in [-0.25, -0.2) is 18.4 Å². The van der Waals surface area contributed by atoms with Crippen molar-refractivity contribution in [2.45, 2.75) is 25.3 Å². The lowest BCUT2D eigenvalue weighted by atomic mass is 9.95. The van der Waals surface area contributed by atoms with Crippen LogP contribution in [0.2, 0.25) is 0 Å². The maximum Gasteiger partial charge on any atom is 0.271 e. The third kappa shape index (κ3) is 4.16. The fraction of sp³-hybridized carbons (Fsp3) is 0.316. The van der Waals surface area contributed by atoms with E-state index in [0.29, 0.717) is 24.2 Å². The van der Waals surface area contributed by atoms with E-state index in [0.717, 1.165) is 0 Å². The first-order chi connectivity index (χ1) is 13.7. The van der Waals surface area contributed by atoms with Crippen LogP contribution in [0.25, 0.3) is 5.65 Å². The van der Waals surface area contributed by atoms with E-state index in [4.69, 9.17) is 4.74 Å². The number of nitrogens with zero attached hydrogens (tertiary/aromatic N) is 3. The van der Waals surface area contributed by atoms with E-state index >= 15 is 0 Å². The van der Waals surface area contributed by atoms with Crippen molar-refractivity contribution >= 4 is 21.4 Å². The molecule has 0 aromatic carbocycles. The van der Waals surface area contributed by atoms with Gasteiger partial charge in [0.15, 0.2) is 5.75 Å². The summed E-state index contributed by atoms with van der Waals surface area (Å²) >= 11 is 0. The average Bonchev–Trinajstić information content (AvgIpc) is 3.10. The zero-order valence-corrected chi connectivity index (χ0v) is 16.5. The zero-order valence-electron chi connectivity index (χ0n) is 15.7. The molecule has 0 bridgehead atoms. The second-order valence-electron chi connectivity index (χ2n) is 7.35. The summed E-state index contributed by atoms with van der Waals surface area (Å²) < 4.78 is 30.5. The minimum atomic E-state index is -3.02. The monoisotopic (exact) mass is 416 g/mol. The highest BCUT2D eigenvalue weighted by molar-refractivity contribution is 7.91. The third-order valence-corrected chi connectivity index (χ3v) is 6.62. The van der Waals surface area contributed by atoms with Crippen molar-refractivity contribution < 1.29 is 23.1 Å². The van der Waals surface area contributed by atoms with E-state index in [1.54, 1.807) is 35.0 Å². The number of aromatic nitrogens is 3. The molecule has 2 N–H and O–H groups in total. The molecule has 29 heavy (non-hydrogen) atoms. The molecule has 3 aromatic rings. The first-order valence-electron chi connectivity index (χ1n) is 9.07. The number of rotatable bonds is 4. The molecule has 0 aliphatic carbocycles. The molecule has 1 aliphatic heterocycles. The number of carbonyl (C=O) groups excluding carboxylic acids is 1. The Kier molecular flexibility index (Phi) is 4.65. The van der Waals surface area contributed by atoms with E-state index in [1.807, 2.05) is 6.92 Å². The number of fused-ring (bicyclic) bond motifs is 1. The fourth-order valence-electron chi connectivity index (χ4n) is 3.17. The summed E-state index contributed by atoms with van der Waals surface area (Å²) in [6.07, 6.45) is 5.45. The molecule has 4 heterocycles. The fourth-order valence-corrected chi connectivity index (χ4v) is 4.89. The summed E-state index contributed by atoms with van der Waals surface area (Å²) in [5.41, 5.74) is 0.185. The molecule has 0 atom stereocenters. The first-order valence-corrected chi connectivity index (χ1v) is 10.9. The molecule has 152 valence electrons. The normalized spacial score (nSPS) is 17.7. The summed E-state index contributed by atoms with van der Waals surface area (Å²) in [6, 6.07) is 6.40. The minimum Gasteiger partial charge on any atom is -0.503 e. The van der Waals surface area contributed by atoms with Crippen LogP contribution in [-0.4, -0.2) is 50.8 Å². The molecule has 1 fully saturated rings. The van der Waals surface area contributed by atoms with Crippen molar-refractivity contribution in [3.63, 3.8) is 0 Å². The van der Waals surface area contributed by atoms with Crippen LogP contribution in [0.1, 0.15) is 30.3 Å². The molecule has 3 aromatic heterocycles. The van der Waals surface area contributed by atoms with E-state index in [9.17, 15) is 18.3 Å². The molecule has 0 radical (unpaired) electrons. The quantitative estimate of drug-likeness (QED) is 0.666. The summed E-state index contributed by atoms with van der Waals surface area (Å²) in [7, 11) is -3.02. The van der Waals surface area contributed by atoms with Crippen LogP contribution in [-0.2, 0) is 9.84 Å². The van der Waals surface area contributed by atoms with Crippen LogP contribution in [0.5, 0.6) is 17.4 Å². The van der Waals surface area contributed by atoms with Gasteiger partial charge in [0.1, 0.15) is 26.9 Å². The van der Waals surface area contributed by atoms with Crippen LogP contribution >= 0.6 is 0 Å². The van der Waals surface area contributed by atoms with Crippen molar-refractivity contribution in [1.82, 2.24) is 19.7 Å². The minimum absolute atomic E-state index is 0.0655. The number of hydrogen-bond acceptors (Lipinski definition) is 7. The Hall–Kier alpha value is -3.14. The Bertz CT molecular complexity index is 1170. The van der Waals surface area contributed by atoms with Gasteiger partial charge in [0.05, 0.1) is 17.7 Å². The van der Waals surface area contributed by atoms with Crippen molar-refractivity contribution in [3.05, 3.63) is 48.5 Å². The third-order valence-electron chi connectivity index (χ3n) is 4.97. The van der Waals surface area contributed by atoms with Crippen LogP contribution in [0, 0.1) is 0 Å². The second-order valence-corrected chi connectivity index (χ2v) is 9.66. The molecule has 1 saturated heterocycles. The number of nitrogens with one attached hydrogen (secondary N) is 1. The predicted molar refractivity (Wildman–Crippen MR) is 105 cm³/mol. The maximum atomic E-state index is 12.7. The Labute approximate surface area is 167 Å². The number of aromatic hydroxyl groups is 1. The molecular weight excluding hydrogens is 396 g/mol. The van der Waals surface area contributed by atoms with Gasteiger partial charge in [0.2, 0.25) is 0 Å². The van der Waals surface area contributed by atoms with Crippen LogP contribution in [0.4, 0.5) is 0 Å². The molecule has 0 unspecified atom stereocenters. The lowest BCUT2D eigenvalue weighted by Crippen LogP contribution is -2.51. The van der Waals surface area contributed by atoms with Crippen LogP contribution in [0.3, 0.4) is 0 Å². The first kappa shape index (κ1) is 19.2. The molecule has 10 heteroatoms. The molecule has 1 amide bonds. The van der Waals surface area contributed by atoms with Crippen molar-refractivity contribution in [1.29, 1.82) is 0 Å². The van der Waals surface area contributed by atoms with Crippen molar-refractivity contribution in [3.8, 4) is 17.4 Å². The van der Waals surface area contributed by atoms with Crippen LogP contribution < -0.4 is 10.1 Å². The highest BCUT2D eigenvalue weighted by Gasteiger charge is 2.35. The van der Waals surface area contributed by atoms with Gasteiger partial charge in [-0.3, -0.25) is 4.79 Å². The maximum absolute atomic E-state index is 12.7. The van der Waals surface area contributed by atoms with Crippen molar-refractivity contribution in [2.24, 2.45) is 0 Å². The molecule has 9 nitrogen and oxygen atoms in total. The van der Waals surface area contributed by atoms with Crippen molar-refractivity contribution in [2.75, 3.05) is 11.5 Å². The predicted octanol–water partition coefficient (Wildman–Crippen LogP) is 1.92. The van der Waals surface area contributed by atoms with E-state index in [-0.39, 0.29) is 34.7 Å². The topological polar surface area (TPSA) is 123 Å². The number of carbonyl (C=O) groups is 1. The van der Waals surface area contributed by atoms with Gasteiger partial charge in [-0.1, -0.05) is 0 Å². The summed E-state index contributed by atoms with van der Waals surface area (Å²) in [5, 5.41) is 12.7. The Balaban J connectivity index is 1.51. The zero-order chi connectivity index (χ0) is 20.6. The van der Waals surface area contributed by atoms with E-state index in [1.165, 1.54) is 12.3 Å². The Morgan fingerprint density at radius 1 is 1.24 bits per heavy atom. The summed E-state index contributed by atoms with van der Waals surface area (Å²) in [5.74, 6) is 0.179. The van der Waals surface area contributed by atoms with Gasteiger partial charge in [0.25, 0.3) is 11.8 Å². The lowest BCUT2D eigenvalue weighted by molar-refractivity contribution is 0.0895. The molecule has 1 aliphatic rings. The number of imidazole rings is 1. The largest absolute Gasteiger partial charge is 0.503 e. The SMILES string of the molecule is CC1(NC(=O)c2cn3cc(Oc4ncccc4O)ccc3n2)CCS(=O)(=O)CC1. The second kappa shape index (κ2) is 7.03. The Morgan fingerprint density at radius 2 is 2.00 bits per heavy atom. The molecule has 4 rings (SSSR count). The molecular formula is C19H20N4O5S. The smallest absolute Gasteiger partial charge is 0.271 e. The van der Waals surface area contributed by atoms with E-state index in [2.05, 4.69) is 15.3 Å². The number of amides is 1. The summed E-state index contributed by atoms with van der Waals surface area (Å²) in [6.45, 7) is 1.85. The summed E-state index contributed by atoms with van der Waals surface area (Å²) in [4.78, 5) is 20.9.